The number of carbonyl (C=O) groups is 1. The van der Waals surface area contributed by atoms with Crippen LogP contribution in [0.15, 0.2) is 53.8 Å². The summed E-state index contributed by atoms with van der Waals surface area (Å²) in [4.78, 5) is 12.1. The number of rotatable bonds is 5. The number of nitrogens with zero attached hydrogens (tertiary/aromatic N) is 2. The number of hydrogen-bond donors (Lipinski definition) is 2. The van der Waals surface area contributed by atoms with Crippen LogP contribution in [0.5, 0.6) is 5.75 Å². The number of hydrazone groups is 1. The molecule has 0 aliphatic heterocycles. The fraction of sp³-hybridized carbons (Fsp3) is 0.0556. The summed E-state index contributed by atoms with van der Waals surface area (Å²) in [7, 11) is 1.61. The molecule has 1 heterocycles. The van der Waals surface area contributed by atoms with Gasteiger partial charge in [0, 0.05) is 16.7 Å². The Balaban J connectivity index is 1.72. The summed E-state index contributed by atoms with van der Waals surface area (Å²) in [6.45, 7) is 0. The molecule has 0 radical (unpaired) electrons. The first-order chi connectivity index (χ1) is 12.6. The zero-order valence-electron chi connectivity index (χ0n) is 13.7. The largest absolute Gasteiger partial charge is 0.497 e. The van der Waals surface area contributed by atoms with Gasteiger partial charge in [0.1, 0.15) is 5.75 Å². The first kappa shape index (κ1) is 18.0. The number of nitrogens with one attached hydrogen (secondary N) is 2. The second-order valence-corrected chi connectivity index (χ2v) is 6.07. The van der Waals surface area contributed by atoms with Crippen molar-refractivity contribution in [2.75, 3.05) is 7.11 Å². The van der Waals surface area contributed by atoms with Crippen LogP contribution in [0.3, 0.4) is 0 Å². The van der Waals surface area contributed by atoms with Gasteiger partial charge in [-0.15, -0.1) is 0 Å². The molecule has 2 aromatic carbocycles. The number of H-pyrrole nitrogens is 1. The van der Waals surface area contributed by atoms with Gasteiger partial charge in [-0.05, 0) is 42.5 Å². The summed E-state index contributed by atoms with van der Waals surface area (Å²) in [5.74, 6) is 0.367. The quantitative estimate of drug-likeness (QED) is 0.508. The van der Waals surface area contributed by atoms with E-state index in [4.69, 9.17) is 27.9 Å². The number of aromatic amines is 1. The first-order valence-electron chi connectivity index (χ1n) is 7.54. The highest BCUT2D eigenvalue weighted by molar-refractivity contribution is 6.42. The first-order valence-corrected chi connectivity index (χ1v) is 8.30. The summed E-state index contributed by atoms with van der Waals surface area (Å²) in [5, 5.41) is 11.6. The molecular formula is C18H14Cl2N4O2. The van der Waals surface area contributed by atoms with E-state index in [2.05, 4.69) is 20.7 Å². The molecule has 0 unspecified atom stereocenters. The van der Waals surface area contributed by atoms with E-state index >= 15 is 0 Å². The Bertz CT molecular complexity index is 952. The molecule has 6 nitrogen and oxygen atoms in total. The molecule has 0 fully saturated rings. The van der Waals surface area contributed by atoms with Crippen molar-refractivity contribution in [2.24, 2.45) is 5.10 Å². The van der Waals surface area contributed by atoms with Crippen molar-refractivity contribution in [3.05, 3.63) is 69.8 Å². The summed E-state index contributed by atoms with van der Waals surface area (Å²) in [6, 6.07) is 12.1. The number of ether oxygens (including phenoxy) is 1. The Kier molecular flexibility index (Phi) is 5.55. The highest BCUT2D eigenvalue weighted by Crippen LogP contribution is 2.23. The van der Waals surface area contributed by atoms with Gasteiger partial charge >= 0.3 is 0 Å². The zero-order valence-corrected chi connectivity index (χ0v) is 15.2. The third-order valence-electron chi connectivity index (χ3n) is 3.60. The number of hydrogen-bond acceptors (Lipinski definition) is 4. The third kappa shape index (κ3) is 4.04. The van der Waals surface area contributed by atoms with Gasteiger partial charge in [0.15, 0.2) is 0 Å². The fourth-order valence-corrected chi connectivity index (χ4v) is 2.54. The molecule has 132 valence electrons. The van der Waals surface area contributed by atoms with Crippen LogP contribution in [-0.4, -0.2) is 29.4 Å². The second-order valence-electron chi connectivity index (χ2n) is 5.26. The van der Waals surface area contributed by atoms with Gasteiger partial charge in [-0.2, -0.15) is 10.2 Å². The summed E-state index contributed by atoms with van der Waals surface area (Å²) < 4.78 is 5.15. The average Bonchev–Trinajstić information content (AvgIpc) is 3.12. The summed E-state index contributed by atoms with van der Waals surface area (Å²) in [6.07, 6.45) is 3.13. The molecule has 1 amide bonds. The van der Waals surface area contributed by atoms with E-state index in [1.807, 2.05) is 24.3 Å². The van der Waals surface area contributed by atoms with Gasteiger partial charge in [-0.1, -0.05) is 23.2 Å². The molecule has 0 saturated carbocycles. The Labute approximate surface area is 159 Å². The predicted molar refractivity (Wildman–Crippen MR) is 102 cm³/mol. The lowest BCUT2D eigenvalue weighted by Crippen LogP contribution is -2.17. The van der Waals surface area contributed by atoms with E-state index in [0.717, 1.165) is 22.6 Å². The lowest BCUT2D eigenvalue weighted by atomic mass is 10.1. The van der Waals surface area contributed by atoms with Crippen molar-refractivity contribution in [1.82, 2.24) is 15.6 Å². The Hall–Kier alpha value is -2.83. The van der Waals surface area contributed by atoms with Crippen molar-refractivity contribution in [2.45, 2.75) is 0 Å². The minimum atomic E-state index is -0.394. The van der Waals surface area contributed by atoms with Crippen LogP contribution < -0.4 is 10.2 Å². The maximum absolute atomic E-state index is 12.1. The van der Waals surface area contributed by atoms with E-state index < -0.39 is 5.91 Å². The van der Waals surface area contributed by atoms with Crippen molar-refractivity contribution in [1.29, 1.82) is 0 Å². The fourth-order valence-electron chi connectivity index (χ4n) is 2.24. The van der Waals surface area contributed by atoms with Crippen LogP contribution in [0.25, 0.3) is 11.3 Å². The molecule has 0 bridgehead atoms. The van der Waals surface area contributed by atoms with Crippen molar-refractivity contribution in [3.8, 4) is 17.0 Å². The van der Waals surface area contributed by atoms with Gasteiger partial charge < -0.3 is 4.74 Å². The maximum atomic E-state index is 12.1. The second kappa shape index (κ2) is 8.03. The topological polar surface area (TPSA) is 79.4 Å². The SMILES string of the molecule is COc1ccc(-c2[nH]ncc2C=NNC(=O)c2ccc(Cl)c(Cl)c2)cc1. The Morgan fingerprint density at radius 1 is 1.19 bits per heavy atom. The number of benzene rings is 2. The number of halogens is 2. The molecule has 0 atom stereocenters. The van der Waals surface area contributed by atoms with Crippen LogP contribution >= 0.6 is 23.2 Å². The van der Waals surface area contributed by atoms with E-state index in [1.165, 1.54) is 12.3 Å². The molecular weight excluding hydrogens is 375 g/mol. The molecule has 3 rings (SSSR count). The lowest BCUT2D eigenvalue weighted by molar-refractivity contribution is 0.0955. The summed E-state index contributed by atoms with van der Waals surface area (Å²) >= 11 is 11.8. The Morgan fingerprint density at radius 3 is 2.65 bits per heavy atom. The van der Waals surface area contributed by atoms with E-state index in [0.29, 0.717) is 15.6 Å². The molecule has 2 N–H and O–H groups in total. The molecule has 1 aromatic heterocycles. The summed E-state index contributed by atoms with van der Waals surface area (Å²) in [5.41, 5.74) is 5.23. The van der Waals surface area contributed by atoms with Crippen molar-refractivity contribution < 1.29 is 9.53 Å². The standard InChI is InChI=1S/C18H14Cl2N4O2/c1-26-14-5-2-11(3-6-14)17-13(9-21-23-17)10-22-24-18(25)12-4-7-15(19)16(20)8-12/h2-10H,1H3,(H,21,23)(H,24,25). The van der Waals surface area contributed by atoms with Crippen LogP contribution in [0.4, 0.5) is 0 Å². The molecule has 3 aromatic rings. The average molecular weight is 389 g/mol. The van der Waals surface area contributed by atoms with Crippen LogP contribution in [0.1, 0.15) is 15.9 Å². The van der Waals surface area contributed by atoms with Crippen molar-refractivity contribution in [3.63, 3.8) is 0 Å². The van der Waals surface area contributed by atoms with Gasteiger partial charge in [0.05, 0.1) is 35.3 Å². The van der Waals surface area contributed by atoms with Crippen molar-refractivity contribution >= 4 is 35.3 Å². The minimum absolute atomic E-state index is 0.305. The monoisotopic (exact) mass is 388 g/mol. The molecule has 0 saturated heterocycles. The Morgan fingerprint density at radius 2 is 1.96 bits per heavy atom. The van der Waals surface area contributed by atoms with E-state index in [-0.39, 0.29) is 0 Å². The van der Waals surface area contributed by atoms with E-state index in [9.17, 15) is 4.79 Å². The van der Waals surface area contributed by atoms with Crippen LogP contribution in [0.2, 0.25) is 10.0 Å². The smallest absolute Gasteiger partial charge is 0.271 e. The molecule has 0 aliphatic carbocycles. The van der Waals surface area contributed by atoms with Crippen LogP contribution in [-0.2, 0) is 0 Å². The number of carbonyl (C=O) groups excluding carboxylic acids is 1. The van der Waals surface area contributed by atoms with E-state index in [1.54, 1.807) is 25.4 Å². The van der Waals surface area contributed by atoms with Gasteiger partial charge in [-0.25, -0.2) is 5.43 Å². The molecule has 26 heavy (non-hydrogen) atoms. The normalized spacial score (nSPS) is 10.9. The van der Waals surface area contributed by atoms with Gasteiger partial charge in [0.25, 0.3) is 5.91 Å². The van der Waals surface area contributed by atoms with Gasteiger partial charge in [-0.3, -0.25) is 9.89 Å². The number of amides is 1. The minimum Gasteiger partial charge on any atom is -0.497 e. The number of methoxy groups -OCH3 is 1. The van der Waals surface area contributed by atoms with Gasteiger partial charge in [0.2, 0.25) is 0 Å². The third-order valence-corrected chi connectivity index (χ3v) is 4.34. The predicted octanol–water partition coefficient (Wildman–Crippen LogP) is 4.16. The maximum Gasteiger partial charge on any atom is 0.271 e. The molecule has 0 aliphatic rings. The molecule has 0 spiro atoms. The lowest BCUT2D eigenvalue weighted by Gasteiger charge is -2.03. The van der Waals surface area contributed by atoms with Crippen LogP contribution in [0, 0.1) is 0 Å². The number of aromatic nitrogens is 2. The molecule has 8 heteroatoms. The highest BCUT2D eigenvalue weighted by atomic mass is 35.5. The highest BCUT2D eigenvalue weighted by Gasteiger charge is 2.08. The zero-order chi connectivity index (χ0) is 18.5.